The van der Waals surface area contributed by atoms with E-state index >= 15 is 0 Å². The van der Waals surface area contributed by atoms with Gasteiger partial charge in [-0.05, 0) is 56.2 Å². The van der Waals surface area contributed by atoms with Gasteiger partial charge in [0.05, 0.1) is 6.21 Å². The van der Waals surface area contributed by atoms with Crippen LogP contribution in [0, 0.1) is 20.8 Å². The molecular formula is C16H17ClN2O2S. The van der Waals surface area contributed by atoms with E-state index in [-0.39, 0.29) is 12.5 Å². The van der Waals surface area contributed by atoms with Gasteiger partial charge in [0.15, 0.2) is 6.61 Å². The van der Waals surface area contributed by atoms with Crippen molar-refractivity contribution in [3.8, 4) is 5.75 Å². The molecule has 0 bridgehead atoms. The molecule has 0 atom stereocenters. The molecule has 2 rings (SSSR count). The van der Waals surface area contributed by atoms with E-state index < -0.39 is 0 Å². The van der Waals surface area contributed by atoms with Crippen LogP contribution in [0.5, 0.6) is 5.75 Å². The molecular weight excluding hydrogens is 320 g/mol. The number of carbonyl (C=O) groups excluding carboxylic acids is 1. The lowest BCUT2D eigenvalue weighted by Gasteiger charge is -2.09. The zero-order valence-electron chi connectivity index (χ0n) is 12.6. The molecule has 0 unspecified atom stereocenters. The van der Waals surface area contributed by atoms with Crippen molar-refractivity contribution < 1.29 is 9.53 Å². The molecule has 1 aromatic heterocycles. The van der Waals surface area contributed by atoms with Crippen molar-refractivity contribution in [2.24, 2.45) is 5.10 Å². The lowest BCUT2D eigenvalue weighted by atomic mass is 10.1. The van der Waals surface area contributed by atoms with Crippen LogP contribution in [0.3, 0.4) is 0 Å². The van der Waals surface area contributed by atoms with Crippen molar-refractivity contribution in [2.75, 3.05) is 6.61 Å². The summed E-state index contributed by atoms with van der Waals surface area (Å²) in [7, 11) is 0. The van der Waals surface area contributed by atoms with Crippen LogP contribution >= 0.6 is 22.9 Å². The van der Waals surface area contributed by atoms with E-state index in [2.05, 4.69) is 10.5 Å². The first kappa shape index (κ1) is 16.5. The fourth-order valence-corrected chi connectivity index (χ4v) is 2.72. The fraction of sp³-hybridized carbons (Fsp3) is 0.250. The van der Waals surface area contributed by atoms with E-state index in [1.54, 1.807) is 29.7 Å². The van der Waals surface area contributed by atoms with Gasteiger partial charge in [0.1, 0.15) is 5.75 Å². The Hall–Kier alpha value is -1.85. The van der Waals surface area contributed by atoms with Crippen LogP contribution in [0.4, 0.5) is 0 Å². The maximum Gasteiger partial charge on any atom is 0.277 e. The first-order valence-corrected chi connectivity index (χ1v) is 7.93. The number of nitrogens with zero attached hydrogens (tertiary/aromatic N) is 1. The Balaban J connectivity index is 1.84. The molecule has 0 spiro atoms. The Morgan fingerprint density at radius 2 is 2.00 bits per heavy atom. The molecule has 1 amide bonds. The third kappa shape index (κ3) is 4.58. The second-order valence-electron chi connectivity index (χ2n) is 4.90. The minimum Gasteiger partial charge on any atom is -0.484 e. The van der Waals surface area contributed by atoms with Crippen molar-refractivity contribution >= 4 is 35.1 Å². The molecule has 1 heterocycles. The quantitative estimate of drug-likeness (QED) is 0.666. The highest BCUT2D eigenvalue weighted by molar-refractivity contribution is 7.13. The molecule has 0 fully saturated rings. The van der Waals surface area contributed by atoms with Gasteiger partial charge in [-0.1, -0.05) is 11.6 Å². The van der Waals surface area contributed by atoms with Crippen molar-refractivity contribution in [1.29, 1.82) is 0 Å². The highest BCUT2D eigenvalue weighted by atomic mass is 35.5. The van der Waals surface area contributed by atoms with Crippen molar-refractivity contribution in [1.82, 2.24) is 5.43 Å². The van der Waals surface area contributed by atoms with Crippen LogP contribution in [-0.4, -0.2) is 18.7 Å². The minimum absolute atomic E-state index is 0.0959. The monoisotopic (exact) mass is 336 g/mol. The summed E-state index contributed by atoms with van der Waals surface area (Å²) >= 11 is 7.70. The molecule has 0 aliphatic carbocycles. The predicted octanol–water partition coefficient (Wildman–Crippen LogP) is 3.86. The average Bonchev–Trinajstić information content (AvgIpc) is 2.88. The summed E-state index contributed by atoms with van der Waals surface area (Å²) in [6.07, 6.45) is 1.62. The van der Waals surface area contributed by atoms with Crippen LogP contribution in [-0.2, 0) is 4.79 Å². The summed E-state index contributed by atoms with van der Waals surface area (Å²) < 4.78 is 5.45. The SMILES string of the molecule is Cc1ccc(C=NNC(=O)COc2cc(C)c(Cl)c(C)c2)s1. The Morgan fingerprint density at radius 1 is 1.32 bits per heavy atom. The van der Waals surface area contributed by atoms with Crippen LogP contribution < -0.4 is 10.2 Å². The van der Waals surface area contributed by atoms with Gasteiger partial charge < -0.3 is 4.74 Å². The molecule has 1 aromatic carbocycles. The summed E-state index contributed by atoms with van der Waals surface area (Å²) in [4.78, 5) is 13.9. The van der Waals surface area contributed by atoms with Crippen LogP contribution in [0.1, 0.15) is 20.9 Å². The number of nitrogens with one attached hydrogen (secondary N) is 1. The van der Waals surface area contributed by atoms with E-state index in [0.29, 0.717) is 10.8 Å². The number of ether oxygens (including phenoxy) is 1. The largest absolute Gasteiger partial charge is 0.484 e. The molecule has 116 valence electrons. The number of halogens is 1. The van der Waals surface area contributed by atoms with Gasteiger partial charge in [0, 0.05) is 14.8 Å². The Bertz CT molecular complexity index is 687. The highest BCUT2D eigenvalue weighted by Gasteiger charge is 2.06. The van der Waals surface area contributed by atoms with E-state index in [0.717, 1.165) is 16.0 Å². The topological polar surface area (TPSA) is 50.7 Å². The molecule has 2 aromatic rings. The third-order valence-electron chi connectivity index (χ3n) is 2.92. The van der Waals surface area contributed by atoms with Gasteiger partial charge in [-0.3, -0.25) is 4.79 Å². The second-order valence-corrected chi connectivity index (χ2v) is 6.60. The van der Waals surface area contributed by atoms with Crippen molar-refractivity contribution in [3.05, 3.63) is 50.2 Å². The Morgan fingerprint density at radius 3 is 2.59 bits per heavy atom. The highest BCUT2D eigenvalue weighted by Crippen LogP contribution is 2.25. The first-order chi connectivity index (χ1) is 10.5. The van der Waals surface area contributed by atoms with Gasteiger partial charge in [0.2, 0.25) is 0 Å². The standard InChI is InChI=1S/C16H17ClN2O2S/c1-10-6-13(7-11(2)16(10)17)21-9-15(20)19-18-8-14-5-4-12(3)22-14/h4-8H,9H2,1-3H3,(H,19,20). The van der Waals surface area contributed by atoms with Crippen LogP contribution in [0.15, 0.2) is 29.4 Å². The zero-order chi connectivity index (χ0) is 16.1. The summed E-state index contributed by atoms with van der Waals surface area (Å²) in [5, 5.41) is 4.62. The predicted molar refractivity (Wildman–Crippen MR) is 91.2 cm³/mol. The van der Waals surface area contributed by atoms with Crippen molar-refractivity contribution in [3.63, 3.8) is 0 Å². The first-order valence-electron chi connectivity index (χ1n) is 6.73. The molecule has 0 aliphatic rings. The fourth-order valence-electron chi connectivity index (χ4n) is 1.86. The molecule has 22 heavy (non-hydrogen) atoms. The van der Waals surface area contributed by atoms with Gasteiger partial charge in [-0.2, -0.15) is 5.10 Å². The number of aryl methyl sites for hydroxylation is 3. The zero-order valence-corrected chi connectivity index (χ0v) is 14.2. The van der Waals surface area contributed by atoms with Crippen LogP contribution in [0.25, 0.3) is 0 Å². The maximum atomic E-state index is 11.7. The normalized spacial score (nSPS) is 10.9. The molecule has 0 saturated heterocycles. The Labute approximate surface area is 138 Å². The lowest BCUT2D eigenvalue weighted by molar-refractivity contribution is -0.123. The smallest absolute Gasteiger partial charge is 0.277 e. The molecule has 0 saturated carbocycles. The van der Waals surface area contributed by atoms with Crippen LogP contribution in [0.2, 0.25) is 5.02 Å². The van der Waals surface area contributed by atoms with Crippen molar-refractivity contribution in [2.45, 2.75) is 20.8 Å². The van der Waals surface area contributed by atoms with E-state index in [1.165, 1.54) is 4.88 Å². The summed E-state index contributed by atoms with van der Waals surface area (Å²) in [5.74, 6) is 0.308. The number of hydrogen-bond acceptors (Lipinski definition) is 4. The summed E-state index contributed by atoms with van der Waals surface area (Å²) in [6.45, 7) is 5.72. The average molecular weight is 337 g/mol. The van der Waals surface area contributed by atoms with E-state index in [9.17, 15) is 4.79 Å². The van der Waals surface area contributed by atoms with Gasteiger partial charge in [0.25, 0.3) is 5.91 Å². The number of amides is 1. The molecule has 6 heteroatoms. The number of thiophene rings is 1. The molecule has 0 aliphatic heterocycles. The number of carbonyl (C=O) groups is 1. The molecule has 1 N–H and O–H groups in total. The second kappa shape index (κ2) is 7.42. The summed E-state index contributed by atoms with van der Waals surface area (Å²) in [5.41, 5.74) is 4.28. The summed E-state index contributed by atoms with van der Waals surface area (Å²) in [6, 6.07) is 7.56. The molecule has 0 radical (unpaired) electrons. The number of benzene rings is 1. The van der Waals surface area contributed by atoms with E-state index in [1.807, 2.05) is 32.9 Å². The number of hydrogen-bond donors (Lipinski definition) is 1. The Kier molecular flexibility index (Phi) is 5.57. The van der Waals surface area contributed by atoms with Gasteiger partial charge >= 0.3 is 0 Å². The lowest BCUT2D eigenvalue weighted by Crippen LogP contribution is -2.24. The number of rotatable bonds is 5. The molecule has 4 nitrogen and oxygen atoms in total. The number of hydrazone groups is 1. The van der Waals surface area contributed by atoms with Gasteiger partial charge in [-0.15, -0.1) is 11.3 Å². The van der Waals surface area contributed by atoms with Gasteiger partial charge in [-0.25, -0.2) is 5.43 Å². The third-order valence-corrected chi connectivity index (χ3v) is 4.45. The minimum atomic E-state index is -0.310. The van der Waals surface area contributed by atoms with E-state index in [4.69, 9.17) is 16.3 Å². The maximum absolute atomic E-state index is 11.7.